The molecule has 7 nitrogen and oxygen atoms in total. The van der Waals surface area contributed by atoms with Gasteiger partial charge in [0.2, 0.25) is 15.8 Å². The smallest absolute Gasteiger partial charge is 0.258 e. The van der Waals surface area contributed by atoms with E-state index in [4.69, 9.17) is 9.66 Å². The molecule has 0 saturated carbocycles. The van der Waals surface area contributed by atoms with Crippen molar-refractivity contribution in [1.82, 2.24) is 15.1 Å². The van der Waals surface area contributed by atoms with Crippen LogP contribution >= 0.6 is 0 Å². The van der Waals surface area contributed by atoms with E-state index in [-0.39, 0.29) is 5.75 Å². The van der Waals surface area contributed by atoms with Gasteiger partial charge in [-0.2, -0.15) is 4.98 Å². The van der Waals surface area contributed by atoms with Crippen LogP contribution < -0.4 is 5.14 Å². The number of nitrogens with two attached hydrogens (primary N) is 1. The van der Waals surface area contributed by atoms with Crippen molar-refractivity contribution in [3.8, 4) is 22.8 Å². The first kappa shape index (κ1) is 14.4. The minimum atomic E-state index is -3.54. The van der Waals surface area contributed by atoms with Gasteiger partial charge in [-0.1, -0.05) is 17.3 Å². The van der Waals surface area contributed by atoms with Crippen LogP contribution in [0, 0.1) is 0 Å². The van der Waals surface area contributed by atoms with Crippen molar-refractivity contribution in [2.75, 3.05) is 0 Å². The largest absolute Gasteiger partial charge is 0.334 e. The Morgan fingerprint density at radius 1 is 1.00 bits per heavy atom. The van der Waals surface area contributed by atoms with Crippen molar-refractivity contribution >= 4 is 10.0 Å². The van der Waals surface area contributed by atoms with Crippen LogP contribution in [0.15, 0.2) is 53.3 Å². The van der Waals surface area contributed by atoms with Gasteiger partial charge in [-0.25, -0.2) is 13.6 Å². The molecular weight excluding hydrogens is 304 g/mol. The van der Waals surface area contributed by atoms with Gasteiger partial charge in [0.1, 0.15) is 0 Å². The quantitative estimate of drug-likeness (QED) is 0.782. The van der Waals surface area contributed by atoms with Crippen molar-refractivity contribution in [3.63, 3.8) is 0 Å². The normalized spacial score (nSPS) is 11.5. The fraction of sp³-hybridized carbons (Fsp3) is 0.0714. The molecule has 2 heterocycles. The highest BCUT2D eigenvalue weighted by Crippen LogP contribution is 2.22. The van der Waals surface area contributed by atoms with E-state index in [0.29, 0.717) is 22.8 Å². The average molecular weight is 316 g/mol. The number of rotatable bonds is 4. The first-order valence-electron chi connectivity index (χ1n) is 6.35. The molecule has 2 N–H and O–H groups in total. The van der Waals surface area contributed by atoms with Crippen LogP contribution in [-0.4, -0.2) is 23.5 Å². The Hall–Kier alpha value is -2.58. The van der Waals surface area contributed by atoms with Gasteiger partial charge in [0.25, 0.3) is 5.89 Å². The van der Waals surface area contributed by atoms with Gasteiger partial charge in [-0.05, 0) is 29.8 Å². The SMILES string of the molecule is NS(=O)(=O)Cc1ccc(-c2nc(-c3ccncc3)no2)cc1. The molecule has 1 aromatic carbocycles. The van der Waals surface area contributed by atoms with E-state index in [9.17, 15) is 8.42 Å². The van der Waals surface area contributed by atoms with Gasteiger partial charge in [-0.3, -0.25) is 4.98 Å². The van der Waals surface area contributed by atoms with Crippen LogP contribution in [0.1, 0.15) is 5.56 Å². The Kier molecular flexibility index (Phi) is 3.70. The first-order valence-corrected chi connectivity index (χ1v) is 8.07. The molecule has 3 rings (SSSR count). The third-order valence-electron chi connectivity index (χ3n) is 2.93. The van der Waals surface area contributed by atoms with E-state index in [1.807, 2.05) is 0 Å². The van der Waals surface area contributed by atoms with Crippen LogP contribution in [0.4, 0.5) is 0 Å². The standard InChI is InChI=1S/C14H12N4O3S/c15-22(19,20)9-10-1-3-12(4-2-10)14-17-13(18-21-14)11-5-7-16-8-6-11/h1-8H,9H2,(H2,15,19,20). The molecule has 112 valence electrons. The number of aromatic nitrogens is 3. The topological polar surface area (TPSA) is 112 Å². The molecule has 0 aliphatic heterocycles. The lowest BCUT2D eigenvalue weighted by molar-refractivity contribution is 0.432. The second-order valence-corrected chi connectivity index (χ2v) is 6.28. The molecule has 0 atom stereocenters. The maximum absolute atomic E-state index is 11.0. The van der Waals surface area contributed by atoms with Crippen molar-refractivity contribution < 1.29 is 12.9 Å². The summed E-state index contributed by atoms with van der Waals surface area (Å²) in [6.45, 7) is 0. The first-order chi connectivity index (χ1) is 10.5. The van der Waals surface area contributed by atoms with Crippen molar-refractivity contribution in [2.45, 2.75) is 5.75 Å². The molecule has 0 unspecified atom stereocenters. The highest BCUT2D eigenvalue weighted by atomic mass is 32.2. The van der Waals surface area contributed by atoms with E-state index in [1.54, 1.807) is 48.8 Å². The molecule has 0 amide bonds. The zero-order valence-electron chi connectivity index (χ0n) is 11.4. The van der Waals surface area contributed by atoms with E-state index >= 15 is 0 Å². The molecule has 0 spiro atoms. The van der Waals surface area contributed by atoms with Crippen molar-refractivity contribution in [1.29, 1.82) is 0 Å². The number of nitrogens with zero attached hydrogens (tertiary/aromatic N) is 3. The Morgan fingerprint density at radius 3 is 2.32 bits per heavy atom. The van der Waals surface area contributed by atoms with Crippen LogP contribution in [0.25, 0.3) is 22.8 Å². The lowest BCUT2D eigenvalue weighted by Crippen LogP contribution is -2.14. The molecule has 0 fully saturated rings. The maximum Gasteiger partial charge on any atom is 0.258 e. The molecule has 8 heteroatoms. The lowest BCUT2D eigenvalue weighted by Gasteiger charge is -2.00. The summed E-state index contributed by atoms with van der Waals surface area (Å²) >= 11 is 0. The summed E-state index contributed by atoms with van der Waals surface area (Å²) in [6, 6.07) is 10.3. The molecule has 3 aromatic rings. The zero-order valence-corrected chi connectivity index (χ0v) is 12.2. The van der Waals surface area contributed by atoms with E-state index in [0.717, 1.165) is 5.56 Å². The van der Waals surface area contributed by atoms with E-state index in [1.165, 1.54) is 0 Å². The Bertz CT molecular complexity index is 874. The molecule has 0 bridgehead atoms. The van der Waals surface area contributed by atoms with E-state index in [2.05, 4.69) is 15.1 Å². The van der Waals surface area contributed by atoms with Gasteiger partial charge in [0.05, 0.1) is 5.75 Å². The Morgan fingerprint density at radius 2 is 1.68 bits per heavy atom. The molecular formula is C14H12N4O3S. The fourth-order valence-electron chi connectivity index (χ4n) is 1.93. The van der Waals surface area contributed by atoms with Gasteiger partial charge < -0.3 is 4.52 Å². The fourth-order valence-corrected chi connectivity index (χ4v) is 2.59. The number of hydrogen-bond acceptors (Lipinski definition) is 6. The molecule has 2 aromatic heterocycles. The molecule has 0 aliphatic rings. The summed E-state index contributed by atoms with van der Waals surface area (Å²) in [5, 5.41) is 8.93. The molecule has 22 heavy (non-hydrogen) atoms. The summed E-state index contributed by atoms with van der Waals surface area (Å²) in [5.41, 5.74) is 2.10. The number of benzene rings is 1. The number of sulfonamides is 1. The second-order valence-electron chi connectivity index (χ2n) is 4.66. The second kappa shape index (κ2) is 5.66. The third-order valence-corrected chi connectivity index (χ3v) is 3.67. The monoisotopic (exact) mass is 316 g/mol. The maximum atomic E-state index is 11.0. The van der Waals surface area contributed by atoms with Gasteiger partial charge in [0, 0.05) is 23.5 Å². The predicted octanol–water partition coefficient (Wildman–Crippen LogP) is 1.59. The highest BCUT2D eigenvalue weighted by Gasteiger charge is 2.11. The van der Waals surface area contributed by atoms with Gasteiger partial charge in [0.15, 0.2) is 0 Å². The van der Waals surface area contributed by atoms with Gasteiger partial charge in [-0.15, -0.1) is 0 Å². The van der Waals surface area contributed by atoms with Crippen LogP contribution in [-0.2, 0) is 15.8 Å². The number of pyridine rings is 1. The summed E-state index contributed by atoms with van der Waals surface area (Å²) in [6.07, 6.45) is 3.29. The summed E-state index contributed by atoms with van der Waals surface area (Å²) in [7, 11) is -3.54. The molecule has 0 radical (unpaired) electrons. The van der Waals surface area contributed by atoms with Crippen LogP contribution in [0.3, 0.4) is 0 Å². The van der Waals surface area contributed by atoms with Crippen LogP contribution in [0.5, 0.6) is 0 Å². The summed E-state index contributed by atoms with van der Waals surface area (Å²) in [4.78, 5) is 8.24. The van der Waals surface area contributed by atoms with Crippen molar-refractivity contribution in [2.24, 2.45) is 5.14 Å². The summed E-state index contributed by atoms with van der Waals surface area (Å²) < 4.78 is 27.3. The highest BCUT2D eigenvalue weighted by molar-refractivity contribution is 7.88. The van der Waals surface area contributed by atoms with Crippen LogP contribution in [0.2, 0.25) is 0 Å². The third kappa shape index (κ3) is 3.35. The molecule has 0 aliphatic carbocycles. The lowest BCUT2D eigenvalue weighted by atomic mass is 10.1. The Balaban J connectivity index is 1.85. The molecule has 0 saturated heterocycles. The minimum Gasteiger partial charge on any atom is -0.334 e. The average Bonchev–Trinajstić information content (AvgIpc) is 2.97. The minimum absolute atomic E-state index is 0.209. The van der Waals surface area contributed by atoms with Gasteiger partial charge >= 0.3 is 0 Å². The zero-order chi connectivity index (χ0) is 15.6. The predicted molar refractivity (Wildman–Crippen MR) is 79.8 cm³/mol. The number of primary sulfonamides is 1. The van der Waals surface area contributed by atoms with E-state index < -0.39 is 10.0 Å². The Labute approximate surface area is 126 Å². The summed E-state index contributed by atoms with van der Waals surface area (Å²) in [5.74, 6) is 0.610. The number of hydrogen-bond donors (Lipinski definition) is 1. The van der Waals surface area contributed by atoms with Crippen molar-refractivity contribution in [3.05, 3.63) is 54.4 Å².